The van der Waals surface area contributed by atoms with Crippen molar-refractivity contribution in [3.8, 4) is 6.07 Å². The second kappa shape index (κ2) is 6.06. The summed E-state index contributed by atoms with van der Waals surface area (Å²) < 4.78 is 4.94. The lowest BCUT2D eigenvalue weighted by Crippen LogP contribution is -2.30. The van der Waals surface area contributed by atoms with Gasteiger partial charge >= 0.3 is 0 Å². The molecule has 0 amide bonds. The fraction of sp³-hybridized carbons (Fsp3) is 0.316. The van der Waals surface area contributed by atoms with Gasteiger partial charge in [-0.3, -0.25) is 5.10 Å². The van der Waals surface area contributed by atoms with Gasteiger partial charge in [-0.2, -0.15) is 10.4 Å². The van der Waals surface area contributed by atoms with E-state index in [0.29, 0.717) is 16.9 Å². The van der Waals surface area contributed by atoms with E-state index < -0.39 is 5.92 Å². The Kier molecular flexibility index (Phi) is 3.53. The third kappa shape index (κ3) is 2.43. The molecule has 134 valence electrons. The van der Waals surface area contributed by atoms with Gasteiger partial charge < -0.3 is 4.90 Å². The fourth-order valence-corrected chi connectivity index (χ4v) is 4.07. The summed E-state index contributed by atoms with van der Waals surface area (Å²) in [5, 5.41) is 25.3. The number of hydrogen-bond acceptors (Lipinski definition) is 7. The minimum Gasteiger partial charge on any atom is -0.380 e. The largest absolute Gasteiger partial charge is 0.380 e. The van der Waals surface area contributed by atoms with Gasteiger partial charge in [-0.25, -0.2) is 9.62 Å². The van der Waals surface area contributed by atoms with Gasteiger partial charge in [0.05, 0.1) is 23.9 Å². The number of nitriles is 1. The van der Waals surface area contributed by atoms with Gasteiger partial charge in [0.25, 0.3) is 0 Å². The van der Waals surface area contributed by atoms with E-state index in [0.717, 1.165) is 41.8 Å². The number of nitrogens with zero attached hydrogens (tertiary/aromatic N) is 6. The van der Waals surface area contributed by atoms with Crippen molar-refractivity contribution in [1.29, 1.82) is 5.26 Å². The average Bonchev–Trinajstić information content (AvgIpc) is 3.35. The Morgan fingerprint density at radius 1 is 1.30 bits per heavy atom. The van der Waals surface area contributed by atoms with E-state index >= 15 is 0 Å². The molecule has 2 aliphatic heterocycles. The number of H-pyrrole nitrogens is 1. The van der Waals surface area contributed by atoms with Crippen LogP contribution in [0.15, 0.2) is 45.8 Å². The van der Waals surface area contributed by atoms with Crippen LogP contribution in [0.5, 0.6) is 0 Å². The summed E-state index contributed by atoms with van der Waals surface area (Å²) in [5.41, 5.74) is 5.05. The summed E-state index contributed by atoms with van der Waals surface area (Å²) >= 11 is 0. The number of aromatic amines is 1. The molecule has 3 aromatic rings. The molecule has 2 atom stereocenters. The third-order valence-electron chi connectivity index (χ3n) is 5.30. The Balaban J connectivity index is 1.71. The van der Waals surface area contributed by atoms with Crippen LogP contribution in [0, 0.1) is 17.2 Å². The van der Waals surface area contributed by atoms with Crippen LogP contribution in [-0.4, -0.2) is 44.7 Å². The van der Waals surface area contributed by atoms with Crippen LogP contribution < -0.4 is 0 Å². The zero-order valence-electron chi connectivity index (χ0n) is 14.8. The summed E-state index contributed by atoms with van der Waals surface area (Å²) in [4.78, 5) is 6.93. The van der Waals surface area contributed by atoms with Crippen molar-refractivity contribution in [3.63, 3.8) is 0 Å². The second-order valence-electron chi connectivity index (χ2n) is 6.97. The standard InChI is InChI=1S/C19H17N7O/c1-26-7-3-4-11(10-26)17-13(8-20)16(14-9-21-23-19(14)22-17)12-5-2-6-15-18(12)25-27-24-15/h2,5-6,9-10,13,16H,3-4,7H2,1H3,(H,21,23). The van der Waals surface area contributed by atoms with Crippen LogP contribution in [0.4, 0.5) is 5.82 Å². The summed E-state index contributed by atoms with van der Waals surface area (Å²) in [6, 6.07) is 8.23. The first-order chi connectivity index (χ1) is 13.3. The van der Waals surface area contributed by atoms with Gasteiger partial charge in [0.2, 0.25) is 0 Å². The number of aromatic nitrogens is 4. The predicted octanol–water partition coefficient (Wildman–Crippen LogP) is 2.91. The van der Waals surface area contributed by atoms with Crippen LogP contribution >= 0.6 is 0 Å². The number of hydrogen-bond donors (Lipinski definition) is 1. The van der Waals surface area contributed by atoms with E-state index in [9.17, 15) is 5.26 Å². The molecule has 2 aromatic heterocycles. The number of allylic oxidation sites excluding steroid dienone is 1. The Morgan fingerprint density at radius 2 is 2.22 bits per heavy atom. The summed E-state index contributed by atoms with van der Waals surface area (Å²) in [6.07, 6.45) is 5.80. The highest BCUT2D eigenvalue weighted by atomic mass is 16.6. The Labute approximate surface area is 155 Å². The monoisotopic (exact) mass is 359 g/mol. The summed E-state index contributed by atoms with van der Waals surface area (Å²) in [6.45, 7) is 1.01. The van der Waals surface area contributed by atoms with Crippen molar-refractivity contribution < 1.29 is 4.63 Å². The molecule has 0 saturated heterocycles. The average molecular weight is 359 g/mol. The maximum atomic E-state index is 10.1. The van der Waals surface area contributed by atoms with Crippen LogP contribution in [-0.2, 0) is 0 Å². The van der Waals surface area contributed by atoms with Gasteiger partial charge in [0, 0.05) is 31.3 Å². The topological polar surface area (TPSA) is 107 Å². The normalized spacial score (nSPS) is 22.1. The van der Waals surface area contributed by atoms with Crippen LogP contribution in [0.2, 0.25) is 0 Å². The van der Waals surface area contributed by atoms with Crippen molar-refractivity contribution in [2.45, 2.75) is 18.8 Å². The minimum absolute atomic E-state index is 0.236. The zero-order chi connectivity index (χ0) is 18.4. The molecule has 8 nitrogen and oxygen atoms in total. The molecule has 4 heterocycles. The quantitative estimate of drug-likeness (QED) is 0.754. The smallest absolute Gasteiger partial charge is 0.152 e. The van der Waals surface area contributed by atoms with Crippen molar-refractivity contribution >= 4 is 22.6 Å². The van der Waals surface area contributed by atoms with Crippen molar-refractivity contribution in [2.75, 3.05) is 13.6 Å². The molecular weight excluding hydrogens is 342 g/mol. The molecule has 0 fully saturated rings. The molecule has 2 aliphatic rings. The maximum absolute atomic E-state index is 10.1. The van der Waals surface area contributed by atoms with Crippen molar-refractivity contribution in [3.05, 3.63) is 47.3 Å². The predicted molar refractivity (Wildman–Crippen MR) is 98.4 cm³/mol. The molecular formula is C19H17N7O. The molecule has 0 spiro atoms. The molecule has 2 unspecified atom stereocenters. The molecule has 0 radical (unpaired) electrons. The Morgan fingerprint density at radius 3 is 3.07 bits per heavy atom. The molecule has 0 bridgehead atoms. The molecule has 5 rings (SSSR count). The van der Waals surface area contributed by atoms with E-state index in [-0.39, 0.29) is 5.92 Å². The van der Waals surface area contributed by atoms with E-state index in [1.807, 2.05) is 25.2 Å². The number of benzene rings is 1. The SMILES string of the molecule is CN1C=C(C2=Nc3[nH]ncc3C(c3cccc4nonc34)C2C#N)CCC1. The molecule has 27 heavy (non-hydrogen) atoms. The fourth-order valence-electron chi connectivity index (χ4n) is 4.07. The summed E-state index contributed by atoms with van der Waals surface area (Å²) in [5.74, 6) is 0.0271. The number of aliphatic imine (C=N–C) groups is 1. The van der Waals surface area contributed by atoms with E-state index in [1.54, 1.807) is 6.20 Å². The Hall–Kier alpha value is -3.47. The molecule has 8 heteroatoms. The highest BCUT2D eigenvalue weighted by Gasteiger charge is 2.38. The Bertz CT molecular complexity index is 1120. The van der Waals surface area contributed by atoms with Crippen LogP contribution in [0.3, 0.4) is 0 Å². The second-order valence-corrected chi connectivity index (χ2v) is 6.97. The minimum atomic E-state index is -0.435. The number of rotatable bonds is 2. The lowest BCUT2D eigenvalue weighted by molar-refractivity contribution is 0.315. The van der Waals surface area contributed by atoms with E-state index in [1.165, 1.54) is 0 Å². The van der Waals surface area contributed by atoms with E-state index in [2.05, 4.69) is 37.7 Å². The first-order valence-corrected chi connectivity index (χ1v) is 8.90. The highest BCUT2D eigenvalue weighted by Crippen LogP contribution is 2.44. The van der Waals surface area contributed by atoms with Crippen LogP contribution in [0.25, 0.3) is 11.0 Å². The number of fused-ring (bicyclic) bond motifs is 2. The van der Waals surface area contributed by atoms with Gasteiger partial charge in [-0.05, 0) is 40.4 Å². The lowest BCUT2D eigenvalue weighted by atomic mass is 9.75. The zero-order valence-corrected chi connectivity index (χ0v) is 14.8. The van der Waals surface area contributed by atoms with Gasteiger partial charge in [-0.1, -0.05) is 12.1 Å². The number of nitrogens with one attached hydrogen (secondary N) is 1. The van der Waals surface area contributed by atoms with Crippen molar-refractivity contribution in [1.82, 2.24) is 25.4 Å². The first-order valence-electron chi connectivity index (χ1n) is 8.90. The first kappa shape index (κ1) is 15.8. The molecule has 0 aliphatic carbocycles. The summed E-state index contributed by atoms with van der Waals surface area (Å²) in [7, 11) is 2.05. The van der Waals surface area contributed by atoms with Crippen molar-refractivity contribution in [2.24, 2.45) is 10.9 Å². The van der Waals surface area contributed by atoms with Gasteiger partial charge in [0.1, 0.15) is 11.0 Å². The van der Waals surface area contributed by atoms with Crippen LogP contribution in [0.1, 0.15) is 29.9 Å². The maximum Gasteiger partial charge on any atom is 0.152 e. The molecule has 0 saturated carbocycles. The third-order valence-corrected chi connectivity index (χ3v) is 5.30. The van der Waals surface area contributed by atoms with Gasteiger partial charge in [0.15, 0.2) is 5.82 Å². The molecule has 1 aromatic carbocycles. The molecule has 1 N–H and O–H groups in total. The van der Waals surface area contributed by atoms with E-state index in [4.69, 9.17) is 9.62 Å². The van der Waals surface area contributed by atoms with Gasteiger partial charge in [-0.15, -0.1) is 0 Å². The lowest BCUT2D eigenvalue weighted by Gasteiger charge is -2.31. The highest BCUT2D eigenvalue weighted by molar-refractivity contribution is 6.07.